The monoisotopic (exact) mass is 232 g/mol. The molecule has 0 atom stereocenters. The lowest BCUT2D eigenvalue weighted by Gasteiger charge is -2.02. The van der Waals surface area contributed by atoms with Crippen molar-refractivity contribution >= 4 is 11.7 Å². The number of anilines is 1. The highest BCUT2D eigenvalue weighted by Gasteiger charge is 2.07. The molecule has 2 aromatic heterocycles. The SMILES string of the molecule is Cn1cc(CNC(=O)c2cnc(N)cn2)cn1. The molecule has 2 aromatic rings. The van der Waals surface area contributed by atoms with Crippen LogP contribution >= 0.6 is 0 Å². The minimum Gasteiger partial charge on any atom is -0.382 e. The average Bonchev–Trinajstić information content (AvgIpc) is 2.73. The summed E-state index contributed by atoms with van der Waals surface area (Å²) in [7, 11) is 1.82. The molecule has 0 spiro atoms. The van der Waals surface area contributed by atoms with E-state index in [-0.39, 0.29) is 17.4 Å². The maximum Gasteiger partial charge on any atom is 0.271 e. The molecule has 2 heterocycles. The van der Waals surface area contributed by atoms with Crippen molar-refractivity contribution in [3.63, 3.8) is 0 Å². The van der Waals surface area contributed by atoms with Gasteiger partial charge in [0.1, 0.15) is 11.5 Å². The van der Waals surface area contributed by atoms with Gasteiger partial charge in [0, 0.05) is 25.4 Å². The molecule has 0 aromatic carbocycles. The van der Waals surface area contributed by atoms with Crippen LogP contribution in [-0.4, -0.2) is 25.7 Å². The molecule has 3 N–H and O–H groups in total. The van der Waals surface area contributed by atoms with Crippen LogP contribution in [0.3, 0.4) is 0 Å². The van der Waals surface area contributed by atoms with Crippen molar-refractivity contribution in [2.75, 3.05) is 5.73 Å². The average molecular weight is 232 g/mol. The van der Waals surface area contributed by atoms with Gasteiger partial charge in [-0.25, -0.2) is 9.97 Å². The van der Waals surface area contributed by atoms with Gasteiger partial charge in [-0.3, -0.25) is 9.48 Å². The van der Waals surface area contributed by atoms with E-state index in [9.17, 15) is 4.79 Å². The van der Waals surface area contributed by atoms with Crippen LogP contribution in [0.4, 0.5) is 5.82 Å². The number of carbonyl (C=O) groups excluding carboxylic acids is 1. The molecule has 17 heavy (non-hydrogen) atoms. The van der Waals surface area contributed by atoms with Crippen LogP contribution < -0.4 is 11.1 Å². The number of nitrogens with zero attached hydrogens (tertiary/aromatic N) is 4. The standard InChI is InChI=1S/C10H12N6O/c1-16-6-7(3-15-16)2-14-10(17)8-4-13-9(11)5-12-8/h3-6H,2H2,1H3,(H2,11,13)(H,14,17). The van der Waals surface area contributed by atoms with E-state index in [1.165, 1.54) is 12.4 Å². The highest BCUT2D eigenvalue weighted by molar-refractivity contribution is 5.91. The lowest BCUT2D eigenvalue weighted by molar-refractivity contribution is 0.0945. The number of aryl methyl sites for hydroxylation is 1. The number of carbonyl (C=O) groups is 1. The topological polar surface area (TPSA) is 98.7 Å². The van der Waals surface area contributed by atoms with E-state index in [4.69, 9.17) is 5.73 Å². The van der Waals surface area contributed by atoms with Crippen LogP contribution in [0.15, 0.2) is 24.8 Å². The maximum atomic E-state index is 11.7. The van der Waals surface area contributed by atoms with Crippen LogP contribution in [0.2, 0.25) is 0 Å². The van der Waals surface area contributed by atoms with Gasteiger partial charge in [-0.15, -0.1) is 0 Å². The van der Waals surface area contributed by atoms with E-state index in [1.54, 1.807) is 10.9 Å². The normalized spacial score (nSPS) is 10.2. The molecule has 0 aliphatic rings. The summed E-state index contributed by atoms with van der Waals surface area (Å²) in [6.45, 7) is 0.402. The van der Waals surface area contributed by atoms with E-state index in [2.05, 4.69) is 20.4 Å². The zero-order valence-electron chi connectivity index (χ0n) is 9.29. The third-order valence-corrected chi connectivity index (χ3v) is 2.12. The number of hydrogen-bond acceptors (Lipinski definition) is 5. The van der Waals surface area contributed by atoms with E-state index in [0.717, 1.165) is 5.56 Å². The number of nitrogens with one attached hydrogen (secondary N) is 1. The van der Waals surface area contributed by atoms with Gasteiger partial charge in [0.15, 0.2) is 0 Å². The third-order valence-electron chi connectivity index (χ3n) is 2.12. The Labute approximate surface area is 97.7 Å². The molecule has 0 radical (unpaired) electrons. The minimum atomic E-state index is -0.290. The fourth-order valence-corrected chi connectivity index (χ4v) is 1.29. The zero-order chi connectivity index (χ0) is 12.3. The Balaban J connectivity index is 1.95. The molecule has 0 bridgehead atoms. The number of nitrogens with two attached hydrogens (primary N) is 1. The van der Waals surface area contributed by atoms with E-state index in [1.807, 2.05) is 13.2 Å². The summed E-state index contributed by atoms with van der Waals surface area (Å²) in [5.74, 6) is -0.00448. The number of rotatable bonds is 3. The van der Waals surface area contributed by atoms with Crippen LogP contribution in [0.5, 0.6) is 0 Å². The van der Waals surface area contributed by atoms with Gasteiger partial charge in [-0.1, -0.05) is 0 Å². The summed E-state index contributed by atoms with van der Waals surface area (Å²) in [4.78, 5) is 19.3. The largest absolute Gasteiger partial charge is 0.382 e. The first-order valence-corrected chi connectivity index (χ1v) is 4.98. The summed E-state index contributed by atoms with van der Waals surface area (Å²) in [5.41, 5.74) is 6.54. The van der Waals surface area contributed by atoms with E-state index < -0.39 is 0 Å². The Morgan fingerprint density at radius 1 is 1.41 bits per heavy atom. The molecule has 2 rings (SSSR count). The van der Waals surface area contributed by atoms with Gasteiger partial charge in [-0.05, 0) is 0 Å². The molecule has 0 unspecified atom stereocenters. The number of hydrogen-bond donors (Lipinski definition) is 2. The van der Waals surface area contributed by atoms with Crippen LogP contribution in [0.1, 0.15) is 16.1 Å². The van der Waals surface area contributed by atoms with Gasteiger partial charge in [0.2, 0.25) is 0 Å². The molecule has 1 amide bonds. The van der Waals surface area contributed by atoms with Gasteiger partial charge in [0.05, 0.1) is 18.6 Å². The number of nitrogen functional groups attached to an aromatic ring is 1. The second-order valence-corrected chi connectivity index (χ2v) is 3.53. The molecule has 88 valence electrons. The van der Waals surface area contributed by atoms with Gasteiger partial charge < -0.3 is 11.1 Å². The predicted octanol–water partition coefficient (Wildman–Crippen LogP) is -0.278. The Bertz CT molecular complexity index is 518. The van der Waals surface area contributed by atoms with Crippen molar-refractivity contribution in [1.82, 2.24) is 25.1 Å². The van der Waals surface area contributed by atoms with Gasteiger partial charge in [-0.2, -0.15) is 5.10 Å². The molecule has 7 nitrogen and oxygen atoms in total. The minimum absolute atomic E-state index is 0.239. The highest BCUT2D eigenvalue weighted by Crippen LogP contribution is 1.98. The molecule has 0 saturated carbocycles. The van der Waals surface area contributed by atoms with Crippen LogP contribution in [-0.2, 0) is 13.6 Å². The molecule has 0 fully saturated rings. The van der Waals surface area contributed by atoms with Crippen LogP contribution in [0.25, 0.3) is 0 Å². The Morgan fingerprint density at radius 2 is 2.24 bits per heavy atom. The smallest absolute Gasteiger partial charge is 0.271 e. The first-order valence-electron chi connectivity index (χ1n) is 4.98. The Hall–Kier alpha value is -2.44. The molecule has 0 saturated heterocycles. The second kappa shape index (κ2) is 4.60. The first-order chi connectivity index (χ1) is 8.15. The summed E-state index contributed by atoms with van der Waals surface area (Å²) in [5, 5.41) is 6.71. The maximum absolute atomic E-state index is 11.7. The van der Waals surface area contributed by atoms with E-state index >= 15 is 0 Å². The highest BCUT2D eigenvalue weighted by atomic mass is 16.1. The summed E-state index contributed by atoms with van der Waals surface area (Å²) in [6, 6.07) is 0. The fraction of sp³-hybridized carbons (Fsp3) is 0.200. The van der Waals surface area contributed by atoms with Crippen molar-refractivity contribution in [2.45, 2.75) is 6.54 Å². The first kappa shape index (κ1) is 11.1. The van der Waals surface area contributed by atoms with Gasteiger partial charge in [0.25, 0.3) is 5.91 Å². The number of aromatic nitrogens is 4. The Morgan fingerprint density at radius 3 is 2.82 bits per heavy atom. The lowest BCUT2D eigenvalue weighted by atomic mass is 10.3. The lowest BCUT2D eigenvalue weighted by Crippen LogP contribution is -2.23. The molecular formula is C10H12N6O. The van der Waals surface area contributed by atoms with Crippen molar-refractivity contribution in [2.24, 2.45) is 7.05 Å². The van der Waals surface area contributed by atoms with Gasteiger partial charge >= 0.3 is 0 Å². The third kappa shape index (κ3) is 2.77. The van der Waals surface area contributed by atoms with Crippen LogP contribution in [0, 0.1) is 0 Å². The molecule has 0 aliphatic heterocycles. The predicted molar refractivity (Wildman–Crippen MR) is 60.8 cm³/mol. The fourth-order valence-electron chi connectivity index (χ4n) is 1.29. The summed E-state index contributed by atoms with van der Waals surface area (Å²) in [6.07, 6.45) is 6.21. The van der Waals surface area contributed by atoms with Crippen molar-refractivity contribution < 1.29 is 4.79 Å². The molecule has 7 heteroatoms. The molecular weight excluding hydrogens is 220 g/mol. The molecule has 0 aliphatic carbocycles. The number of amides is 1. The van der Waals surface area contributed by atoms with E-state index in [0.29, 0.717) is 6.54 Å². The zero-order valence-corrected chi connectivity index (χ0v) is 9.29. The Kier molecular flexibility index (Phi) is 2.99. The van der Waals surface area contributed by atoms with Crippen molar-refractivity contribution in [3.8, 4) is 0 Å². The summed E-state index contributed by atoms with van der Waals surface area (Å²) >= 11 is 0. The van der Waals surface area contributed by atoms with Crippen molar-refractivity contribution in [3.05, 3.63) is 36.0 Å². The summed E-state index contributed by atoms with van der Waals surface area (Å²) < 4.78 is 1.67. The second-order valence-electron chi connectivity index (χ2n) is 3.53. The van der Waals surface area contributed by atoms with Crippen molar-refractivity contribution in [1.29, 1.82) is 0 Å². The quantitative estimate of drug-likeness (QED) is 0.758.